The first-order valence-electron chi connectivity index (χ1n) is 5.53. The summed E-state index contributed by atoms with van der Waals surface area (Å²) in [6.07, 6.45) is 1.12. The van der Waals surface area contributed by atoms with Gasteiger partial charge >= 0.3 is 0 Å². The Labute approximate surface area is 91.2 Å². The highest BCUT2D eigenvalue weighted by atomic mass is 16.6. The number of hydrogen-bond donors (Lipinski definition) is 0. The van der Waals surface area contributed by atoms with Gasteiger partial charge in [-0.3, -0.25) is 0 Å². The summed E-state index contributed by atoms with van der Waals surface area (Å²) in [5.41, 5.74) is 1.52. The second kappa shape index (κ2) is 3.76. The van der Waals surface area contributed by atoms with Gasteiger partial charge in [0.05, 0.1) is 0 Å². The number of benzene rings is 1. The Bertz CT molecular complexity index is 356. The lowest BCUT2D eigenvalue weighted by Gasteiger charge is -2.26. The lowest BCUT2D eigenvalue weighted by molar-refractivity contribution is 0.171. The van der Waals surface area contributed by atoms with E-state index in [4.69, 9.17) is 9.47 Å². The maximum Gasteiger partial charge on any atom is 0.161 e. The number of rotatable bonds is 2. The van der Waals surface area contributed by atoms with E-state index in [-0.39, 0.29) is 5.41 Å². The molecule has 1 aliphatic rings. The van der Waals surface area contributed by atoms with E-state index in [0.29, 0.717) is 13.2 Å². The van der Waals surface area contributed by atoms with Crippen LogP contribution in [-0.2, 0) is 5.41 Å². The lowest BCUT2D eigenvalue weighted by atomic mass is 9.82. The zero-order valence-electron chi connectivity index (χ0n) is 9.67. The molecule has 0 spiro atoms. The molecule has 0 saturated heterocycles. The molecule has 0 N–H and O–H groups in total. The van der Waals surface area contributed by atoms with Crippen molar-refractivity contribution in [3.8, 4) is 11.5 Å². The van der Waals surface area contributed by atoms with Crippen molar-refractivity contribution in [1.82, 2.24) is 0 Å². The standard InChI is InChI=1S/C13H18O2/c1-4-13(2,3)10-5-6-11-12(9-10)15-8-7-14-11/h5-6,9H,4,7-8H2,1-3H3. The summed E-state index contributed by atoms with van der Waals surface area (Å²) < 4.78 is 11.1. The van der Waals surface area contributed by atoms with Gasteiger partial charge in [-0.15, -0.1) is 0 Å². The van der Waals surface area contributed by atoms with Crippen molar-refractivity contribution in [3.05, 3.63) is 23.8 Å². The third-order valence-electron chi connectivity index (χ3n) is 3.21. The van der Waals surface area contributed by atoms with Crippen molar-refractivity contribution in [2.24, 2.45) is 0 Å². The zero-order chi connectivity index (χ0) is 10.9. The maximum absolute atomic E-state index is 5.58. The van der Waals surface area contributed by atoms with E-state index in [1.54, 1.807) is 0 Å². The first-order chi connectivity index (χ1) is 7.13. The summed E-state index contributed by atoms with van der Waals surface area (Å²) in [4.78, 5) is 0. The normalized spacial score (nSPS) is 15.1. The van der Waals surface area contributed by atoms with Crippen LogP contribution in [0.4, 0.5) is 0 Å². The molecular formula is C13H18O2. The monoisotopic (exact) mass is 206 g/mol. The van der Waals surface area contributed by atoms with E-state index in [1.807, 2.05) is 6.07 Å². The Kier molecular flexibility index (Phi) is 2.59. The molecule has 0 radical (unpaired) electrons. The summed E-state index contributed by atoms with van der Waals surface area (Å²) >= 11 is 0. The van der Waals surface area contributed by atoms with Crippen molar-refractivity contribution in [2.45, 2.75) is 32.6 Å². The molecule has 2 heteroatoms. The Morgan fingerprint density at radius 2 is 1.80 bits per heavy atom. The fourth-order valence-electron chi connectivity index (χ4n) is 1.67. The first kappa shape index (κ1) is 10.3. The van der Waals surface area contributed by atoms with Gasteiger partial charge in [0.1, 0.15) is 13.2 Å². The van der Waals surface area contributed by atoms with Gasteiger partial charge in [-0.05, 0) is 29.5 Å². The second-order valence-electron chi connectivity index (χ2n) is 4.60. The van der Waals surface area contributed by atoms with Gasteiger partial charge < -0.3 is 9.47 Å². The molecule has 1 aliphatic heterocycles. The second-order valence-corrected chi connectivity index (χ2v) is 4.60. The van der Waals surface area contributed by atoms with Crippen LogP contribution >= 0.6 is 0 Å². The Morgan fingerprint density at radius 3 is 2.47 bits per heavy atom. The van der Waals surface area contributed by atoms with Gasteiger partial charge in [-0.25, -0.2) is 0 Å². The van der Waals surface area contributed by atoms with E-state index < -0.39 is 0 Å². The zero-order valence-corrected chi connectivity index (χ0v) is 9.67. The molecule has 0 aliphatic carbocycles. The molecule has 1 heterocycles. The van der Waals surface area contributed by atoms with Crippen molar-refractivity contribution < 1.29 is 9.47 Å². The largest absolute Gasteiger partial charge is 0.486 e. The quantitative estimate of drug-likeness (QED) is 0.740. The van der Waals surface area contributed by atoms with E-state index in [0.717, 1.165) is 17.9 Å². The maximum atomic E-state index is 5.58. The van der Waals surface area contributed by atoms with Crippen LogP contribution < -0.4 is 9.47 Å². The molecule has 0 saturated carbocycles. The fraction of sp³-hybridized carbons (Fsp3) is 0.538. The van der Waals surface area contributed by atoms with E-state index in [1.165, 1.54) is 5.56 Å². The minimum atomic E-state index is 0.204. The van der Waals surface area contributed by atoms with E-state index >= 15 is 0 Å². The van der Waals surface area contributed by atoms with Crippen LogP contribution in [0.25, 0.3) is 0 Å². The van der Waals surface area contributed by atoms with E-state index in [2.05, 4.69) is 32.9 Å². The molecule has 82 valence electrons. The Balaban J connectivity index is 2.36. The predicted octanol–water partition coefficient (Wildman–Crippen LogP) is 3.15. The molecule has 0 unspecified atom stereocenters. The molecule has 1 aromatic carbocycles. The van der Waals surface area contributed by atoms with Gasteiger partial charge in [0.15, 0.2) is 11.5 Å². The van der Waals surface area contributed by atoms with Crippen LogP contribution in [0.15, 0.2) is 18.2 Å². The van der Waals surface area contributed by atoms with Gasteiger partial charge in [0.25, 0.3) is 0 Å². The van der Waals surface area contributed by atoms with Crippen molar-refractivity contribution in [1.29, 1.82) is 0 Å². The van der Waals surface area contributed by atoms with Gasteiger partial charge in [0, 0.05) is 0 Å². The van der Waals surface area contributed by atoms with Crippen molar-refractivity contribution in [2.75, 3.05) is 13.2 Å². The van der Waals surface area contributed by atoms with Crippen molar-refractivity contribution in [3.63, 3.8) is 0 Å². The number of fused-ring (bicyclic) bond motifs is 1. The molecule has 15 heavy (non-hydrogen) atoms. The van der Waals surface area contributed by atoms with Crippen LogP contribution in [0, 0.1) is 0 Å². The summed E-state index contributed by atoms with van der Waals surface area (Å²) in [5.74, 6) is 1.76. The molecule has 2 rings (SSSR count). The molecule has 2 nitrogen and oxygen atoms in total. The SMILES string of the molecule is CCC(C)(C)c1ccc2c(c1)OCCO2. The first-order valence-corrected chi connectivity index (χ1v) is 5.53. The minimum absolute atomic E-state index is 0.204. The Hall–Kier alpha value is -1.18. The molecule has 0 amide bonds. The smallest absolute Gasteiger partial charge is 0.161 e. The third kappa shape index (κ3) is 1.94. The van der Waals surface area contributed by atoms with Crippen LogP contribution in [0.5, 0.6) is 11.5 Å². The summed E-state index contributed by atoms with van der Waals surface area (Å²) in [7, 11) is 0. The van der Waals surface area contributed by atoms with Crippen molar-refractivity contribution >= 4 is 0 Å². The summed E-state index contributed by atoms with van der Waals surface area (Å²) in [5, 5.41) is 0. The molecule has 0 atom stereocenters. The van der Waals surface area contributed by atoms with Crippen LogP contribution in [0.1, 0.15) is 32.8 Å². The van der Waals surface area contributed by atoms with Crippen LogP contribution in [0.2, 0.25) is 0 Å². The van der Waals surface area contributed by atoms with E-state index in [9.17, 15) is 0 Å². The van der Waals surface area contributed by atoms with Gasteiger partial charge in [-0.1, -0.05) is 26.8 Å². The van der Waals surface area contributed by atoms with Gasteiger partial charge in [-0.2, -0.15) is 0 Å². The third-order valence-corrected chi connectivity index (χ3v) is 3.21. The Morgan fingerprint density at radius 1 is 1.13 bits per heavy atom. The number of ether oxygens (including phenoxy) is 2. The molecule has 1 aromatic rings. The fourth-order valence-corrected chi connectivity index (χ4v) is 1.67. The lowest BCUT2D eigenvalue weighted by Crippen LogP contribution is -2.18. The predicted molar refractivity (Wildman–Crippen MR) is 60.7 cm³/mol. The van der Waals surface area contributed by atoms with Crippen LogP contribution in [-0.4, -0.2) is 13.2 Å². The highest BCUT2D eigenvalue weighted by Gasteiger charge is 2.21. The number of hydrogen-bond acceptors (Lipinski definition) is 2. The molecule has 0 bridgehead atoms. The average molecular weight is 206 g/mol. The van der Waals surface area contributed by atoms with Gasteiger partial charge in [0.2, 0.25) is 0 Å². The minimum Gasteiger partial charge on any atom is -0.486 e. The molecule has 0 aromatic heterocycles. The highest BCUT2D eigenvalue weighted by Crippen LogP contribution is 2.36. The summed E-state index contributed by atoms with van der Waals surface area (Å²) in [6.45, 7) is 8.01. The highest BCUT2D eigenvalue weighted by molar-refractivity contribution is 5.45. The van der Waals surface area contributed by atoms with Crippen LogP contribution in [0.3, 0.4) is 0 Å². The molecule has 0 fully saturated rings. The molecular weight excluding hydrogens is 188 g/mol. The topological polar surface area (TPSA) is 18.5 Å². The average Bonchev–Trinajstić information content (AvgIpc) is 2.28. The summed E-state index contributed by atoms with van der Waals surface area (Å²) in [6, 6.07) is 6.26.